The van der Waals surface area contributed by atoms with Gasteiger partial charge >= 0.3 is 5.69 Å². The molecule has 1 heterocycles. The Morgan fingerprint density at radius 2 is 1.92 bits per heavy atom. The summed E-state index contributed by atoms with van der Waals surface area (Å²) < 4.78 is 3.20. The molecule has 0 amide bonds. The summed E-state index contributed by atoms with van der Waals surface area (Å²) >= 11 is 0. The van der Waals surface area contributed by atoms with Crippen molar-refractivity contribution >= 4 is 17.2 Å². The molecule has 2 aromatic carbocycles. The predicted octanol–water partition coefficient (Wildman–Crippen LogP) is 2.30. The standard InChI is InChI=1S/C18H16N4O2/c1-21-16-8-7-13(9-17(16)22(2)18(21)23)11-20-24-12-15-6-4-3-5-14(15)10-19/h3-9,11H,12H2,1-2H3/b20-11-. The van der Waals surface area contributed by atoms with E-state index in [-0.39, 0.29) is 12.3 Å². The summed E-state index contributed by atoms with van der Waals surface area (Å²) in [4.78, 5) is 17.2. The maximum atomic E-state index is 11.9. The molecule has 0 atom stereocenters. The second-order valence-corrected chi connectivity index (χ2v) is 5.43. The van der Waals surface area contributed by atoms with E-state index in [2.05, 4.69) is 11.2 Å². The molecule has 0 aliphatic heterocycles. The number of imidazole rings is 1. The molecule has 0 spiro atoms. The largest absolute Gasteiger partial charge is 0.391 e. The van der Waals surface area contributed by atoms with E-state index in [1.807, 2.05) is 36.4 Å². The topological polar surface area (TPSA) is 72.3 Å². The van der Waals surface area contributed by atoms with Crippen LogP contribution in [0, 0.1) is 11.3 Å². The maximum Gasteiger partial charge on any atom is 0.328 e. The molecule has 1 aromatic heterocycles. The molecule has 0 N–H and O–H groups in total. The van der Waals surface area contributed by atoms with Crippen molar-refractivity contribution in [3.05, 3.63) is 69.6 Å². The molecule has 3 rings (SSSR count). The van der Waals surface area contributed by atoms with Crippen molar-refractivity contribution in [3.8, 4) is 6.07 Å². The number of oxime groups is 1. The van der Waals surface area contributed by atoms with Gasteiger partial charge in [0.1, 0.15) is 6.61 Å². The molecular weight excluding hydrogens is 304 g/mol. The van der Waals surface area contributed by atoms with Gasteiger partial charge in [0, 0.05) is 19.7 Å². The maximum absolute atomic E-state index is 11.9. The van der Waals surface area contributed by atoms with Gasteiger partial charge in [-0.3, -0.25) is 9.13 Å². The lowest BCUT2D eigenvalue weighted by Gasteiger charge is -2.02. The monoisotopic (exact) mass is 320 g/mol. The van der Waals surface area contributed by atoms with Gasteiger partial charge in [0.2, 0.25) is 0 Å². The van der Waals surface area contributed by atoms with E-state index >= 15 is 0 Å². The van der Waals surface area contributed by atoms with Gasteiger partial charge in [-0.15, -0.1) is 0 Å². The number of benzene rings is 2. The summed E-state index contributed by atoms with van der Waals surface area (Å²) in [6, 6.07) is 15.0. The highest BCUT2D eigenvalue weighted by atomic mass is 16.6. The van der Waals surface area contributed by atoms with Gasteiger partial charge < -0.3 is 4.84 Å². The van der Waals surface area contributed by atoms with Crippen molar-refractivity contribution < 1.29 is 4.84 Å². The van der Waals surface area contributed by atoms with Crippen LogP contribution in [0.15, 0.2) is 52.4 Å². The number of aryl methyl sites for hydroxylation is 2. The first kappa shape index (κ1) is 15.6. The van der Waals surface area contributed by atoms with E-state index in [0.29, 0.717) is 5.56 Å². The quantitative estimate of drug-likeness (QED) is 0.547. The molecule has 0 fully saturated rings. The number of fused-ring (bicyclic) bond motifs is 1. The highest BCUT2D eigenvalue weighted by molar-refractivity contribution is 5.87. The van der Waals surface area contributed by atoms with Crippen LogP contribution in [0.2, 0.25) is 0 Å². The number of hydrogen-bond donors (Lipinski definition) is 0. The van der Waals surface area contributed by atoms with Crippen LogP contribution in [0.4, 0.5) is 0 Å². The average Bonchev–Trinajstić information content (AvgIpc) is 2.83. The number of rotatable bonds is 4. The molecule has 0 saturated heterocycles. The van der Waals surface area contributed by atoms with E-state index in [0.717, 1.165) is 22.2 Å². The lowest BCUT2D eigenvalue weighted by molar-refractivity contribution is 0.132. The van der Waals surface area contributed by atoms with Crippen molar-refractivity contribution in [1.82, 2.24) is 9.13 Å². The Bertz CT molecular complexity index is 1020. The SMILES string of the molecule is Cn1c(=O)n(C)c2cc(/C=N\OCc3ccccc3C#N)ccc21. The Labute approximate surface area is 138 Å². The Morgan fingerprint density at radius 1 is 1.17 bits per heavy atom. The third-order valence-corrected chi connectivity index (χ3v) is 3.93. The van der Waals surface area contributed by atoms with Crippen molar-refractivity contribution in [1.29, 1.82) is 5.26 Å². The summed E-state index contributed by atoms with van der Waals surface area (Å²) in [7, 11) is 3.48. The minimum absolute atomic E-state index is 0.0663. The summed E-state index contributed by atoms with van der Waals surface area (Å²) in [5.41, 5.74) is 3.83. The highest BCUT2D eigenvalue weighted by Crippen LogP contribution is 2.13. The Hall–Kier alpha value is -3.33. The molecule has 0 bridgehead atoms. The van der Waals surface area contributed by atoms with Gasteiger partial charge in [0.15, 0.2) is 0 Å². The molecule has 0 aliphatic carbocycles. The van der Waals surface area contributed by atoms with Crippen LogP contribution in [0.25, 0.3) is 11.0 Å². The van der Waals surface area contributed by atoms with Crippen molar-refractivity contribution in [2.24, 2.45) is 19.3 Å². The highest BCUT2D eigenvalue weighted by Gasteiger charge is 2.07. The van der Waals surface area contributed by atoms with E-state index in [1.165, 1.54) is 0 Å². The first-order valence-corrected chi connectivity index (χ1v) is 7.40. The molecule has 0 saturated carbocycles. The Kier molecular flexibility index (Phi) is 4.17. The molecule has 0 unspecified atom stereocenters. The average molecular weight is 320 g/mol. The number of aromatic nitrogens is 2. The fourth-order valence-corrected chi connectivity index (χ4v) is 2.56. The zero-order valence-electron chi connectivity index (χ0n) is 13.4. The van der Waals surface area contributed by atoms with Crippen LogP contribution in [-0.2, 0) is 25.5 Å². The van der Waals surface area contributed by atoms with Crippen LogP contribution in [0.1, 0.15) is 16.7 Å². The van der Waals surface area contributed by atoms with Crippen LogP contribution >= 0.6 is 0 Å². The van der Waals surface area contributed by atoms with Gasteiger partial charge in [0.25, 0.3) is 0 Å². The first-order chi connectivity index (χ1) is 11.6. The normalized spacial score (nSPS) is 11.0. The van der Waals surface area contributed by atoms with Gasteiger partial charge in [-0.25, -0.2) is 4.79 Å². The van der Waals surface area contributed by atoms with E-state index in [1.54, 1.807) is 35.5 Å². The molecule has 24 heavy (non-hydrogen) atoms. The van der Waals surface area contributed by atoms with Crippen molar-refractivity contribution in [2.45, 2.75) is 6.61 Å². The van der Waals surface area contributed by atoms with Gasteiger partial charge in [-0.05, 0) is 23.8 Å². The molecule has 0 aliphatic rings. The molecule has 0 radical (unpaired) electrons. The second-order valence-electron chi connectivity index (χ2n) is 5.43. The van der Waals surface area contributed by atoms with Gasteiger partial charge in [0.05, 0.1) is 28.9 Å². The smallest absolute Gasteiger partial charge is 0.328 e. The second kappa shape index (κ2) is 6.42. The van der Waals surface area contributed by atoms with Crippen LogP contribution in [0.3, 0.4) is 0 Å². The fraction of sp³-hybridized carbons (Fsp3) is 0.167. The minimum Gasteiger partial charge on any atom is -0.391 e. The summed E-state index contributed by atoms with van der Waals surface area (Å²) in [5, 5.41) is 13.0. The minimum atomic E-state index is -0.0663. The van der Waals surface area contributed by atoms with Crippen molar-refractivity contribution in [3.63, 3.8) is 0 Å². The van der Waals surface area contributed by atoms with E-state index < -0.39 is 0 Å². The molecule has 3 aromatic rings. The summed E-state index contributed by atoms with van der Waals surface area (Å²) in [5.74, 6) is 0. The number of nitrogens with zero attached hydrogens (tertiary/aromatic N) is 4. The predicted molar refractivity (Wildman–Crippen MR) is 91.7 cm³/mol. The van der Waals surface area contributed by atoms with Crippen LogP contribution in [-0.4, -0.2) is 15.3 Å². The molecule has 6 nitrogen and oxygen atoms in total. The van der Waals surface area contributed by atoms with E-state index in [4.69, 9.17) is 10.1 Å². The number of hydrogen-bond acceptors (Lipinski definition) is 4. The fourth-order valence-electron chi connectivity index (χ4n) is 2.56. The van der Waals surface area contributed by atoms with E-state index in [9.17, 15) is 4.79 Å². The van der Waals surface area contributed by atoms with Gasteiger partial charge in [-0.2, -0.15) is 5.26 Å². The molecule has 6 heteroatoms. The lowest BCUT2D eigenvalue weighted by atomic mass is 10.1. The number of nitriles is 1. The van der Waals surface area contributed by atoms with Gasteiger partial charge in [-0.1, -0.05) is 29.4 Å². The zero-order chi connectivity index (χ0) is 17.1. The Balaban J connectivity index is 1.75. The first-order valence-electron chi connectivity index (χ1n) is 7.40. The summed E-state index contributed by atoms with van der Waals surface area (Å²) in [6.07, 6.45) is 1.59. The Morgan fingerprint density at radius 3 is 2.71 bits per heavy atom. The van der Waals surface area contributed by atoms with Crippen molar-refractivity contribution in [2.75, 3.05) is 0 Å². The zero-order valence-corrected chi connectivity index (χ0v) is 13.4. The third kappa shape index (κ3) is 2.79. The summed E-state index contributed by atoms with van der Waals surface area (Å²) in [6.45, 7) is 0.228. The lowest BCUT2D eigenvalue weighted by Crippen LogP contribution is -2.19. The third-order valence-electron chi connectivity index (χ3n) is 3.93. The molecular formula is C18H16N4O2. The van der Waals surface area contributed by atoms with Crippen LogP contribution < -0.4 is 5.69 Å². The molecule has 120 valence electrons. The van der Waals surface area contributed by atoms with Crippen LogP contribution in [0.5, 0.6) is 0 Å².